The van der Waals surface area contributed by atoms with Crippen LogP contribution in [0.15, 0.2) is 40.8 Å². The molecule has 4 bridgehead atoms. The molecule has 1 aromatic heterocycles. The fourth-order valence-corrected chi connectivity index (χ4v) is 7.20. The number of halogens is 2. The minimum atomic E-state index is 0.0968. The van der Waals surface area contributed by atoms with E-state index in [0.717, 1.165) is 23.4 Å². The molecule has 6 heteroatoms. The van der Waals surface area contributed by atoms with Crippen LogP contribution >= 0.6 is 23.2 Å². The second-order valence-electron chi connectivity index (χ2n) is 9.97. The Morgan fingerprint density at radius 1 is 1.03 bits per heavy atom. The lowest BCUT2D eigenvalue weighted by molar-refractivity contribution is -0.124. The number of fused-ring (bicyclic) bond motifs is 1. The van der Waals surface area contributed by atoms with Gasteiger partial charge in [-0.3, -0.25) is 4.79 Å². The number of nitrogens with one attached hydrogen (secondary N) is 1. The SMILES string of the molecule is O=C(CC12CC3CC(CC(C3)C1)C2)Nc1ccc(Cl)c(-c2nc3cc(Cl)ccc3o2)c1. The number of amides is 1. The molecule has 31 heavy (non-hydrogen) atoms. The Hall–Kier alpha value is -2.04. The Morgan fingerprint density at radius 3 is 2.45 bits per heavy atom. The van der Waals surface area contributed by atoms with Crippen molar-refractivity contribution in [1.82, 2.24) is 4.98 Å². The van der Waals surface area contributed by atoms with Crippen molar-refractivity contribution < 1.29 is 9.21 Å². The van der Waals surface area contributed by atoms with Gasteiger partial charge in [0.25, 0.3) is 0 Å². The summed E-state index contributed by atoms with van der Waals surface area (Å²) in [5, 5.41) is 4.23. The van der Waals surface area contributed by atoms with Gasteiger partial charge in [0.1, 0.15) is 5.52 Å². The van der Waals surface area contributed by atoms with E-state index < -0.39 is 0 Å². The van der Waals surface area contributed by atoms with Gasteiger partial charge in [0.15, 0.2) is 5.58 Å². The zero-order valence-corrected chi connectivity index (χ0v) is 18.7. The minimum absolute atomic E-state index is 0.0968. The van der Waals surface area contributed by atoms with Gasteiger partial charge in [-0.05, 0) is 98.1 Å². The Morgan fingerprint density at radius 2 is 1.74 bits per heavy atom. The van der Waals surface area contributed by atoms with Crippen LogP contribution in [-0.2, 0) is 4.79 Å². The van der Waals surface area contributed by atoms with Crippen LogP contribution in [0.5, 0.6) is 0 Å². The van der Waals surface area contributed by atoms with Gasteiger partial charge in [0.2, 0.25) is 11.8 Å². The average molecular weight is 455 g/mol. The smallest absolute Gasteiger partial charge is 0.228 e. The number of hydrogen-bond donors (Lipinski definition) is 1. The number of oxazole rings is 1. The quantitative estimate of drug-likeness (QED) is 0.448. The molecule has 4 fully saturated rings. The molecule has 4 nitrogen and oxygen atoms in total. The first-order chi connectivity index (χ1) is 14.9. The highest BCUT2D eigenvalue weighted by molar-refractivity contribution is 6.33. The lowest BCUT2D eigenvalue weighted by Crippen LogP contribution is -2.47. The average Bonchev–Trinajstić information content (AvgIpc) is 3.10. The largest absolute Gasteiger partial charge is 0.436 e. The molecule has 160 valence electrons. The first-order valence-electron chi connectivity index (χ1n) is 11.1. The molecular weight excluding hydrogens is 431 g/mol. The zero-order chi connectivity index (χ0) is 21.2. The van der Waals surface area contributed by atoms with Crippen molar-refractivity contribution in [1.29, 1.82) is 0 Å². The van der Waals surface area contributed by atoms with Crippen molar-refractivity contribution in [2.45, 2.75) is 44.9 Å². The summed E-state index contributed by atoms with van der Waals surface area (Å²) in [6.07, 6.45) is 8.46. The third kappa shape index (κ3) is 3.64. The van der Waals surface area contributed by atoms with Crippen molar-refractivity contribution in [2.24, 2.45) is 23.2 Å². The van der Waals surface area contributed by atoms with Gasteiger partial charge >= 0.3 is 0 Å². The van der Waals surface area contributed by atoms with Crippen molar-refractivity contribution in [3.63, 3.8) is 0 Å². The molecule has 0 atom stereocenters. The number of anilines is 1. The van der Waals surface area contributed by atoms with Gasteiger partial charge in [0, 0.05) is 17.1 Å². The molecule has 4 saturated carbocycles. The Kier molecular flexibility index (Phi) is 4.59. The summed E-state index contributed by atoms with van der Waals surface area (Å²) in [4.78, 5) is 17.5. The van der Waals surface area contributed by atoms with Crippen LogP contribution in [0.25, 0.3) is 22.6 Å². The number of nitrogens with zero attached hydrogens (tertiary/aromatic N) is 1. The molecule has 3 aromatic rings. The molecule has 1 heterocycles. The number of carbonyl (C=O) groups is 1. The van der Waals surface area contributed by atoms with Crippen LogP contribution < -0.4 is 5.32 Å². The van der Waals surface area contributed by atoms with E-state index in [1.54, 1.807) is 24.3 Å². The monoisotopic (exact) mass is 454 g/mol. The van der Waals surface area contributed by atoms with Crippen molar-refractivity contribution in [2.75, 3.05) is 5.32 Å². The highest BCUT2D eigenvalue weighted by atomic mass is 35.5. The third-order valence-electron chi connectivity index (χ3n) is 7.53. The van der Waals surface area contributed by atoms with E-state index in [4.69, 9.17) is 27.6 Å². The van der Waals surface area contributed by atoms with Gasteiger partial charge < -0.3 is 9.73 Å². The van der Waals surface area contributed by atoms with Crippen LogP contribution in [0.2, 0.25) is 10.0 Å². The minimum Gasteiger partial charge on any atom is -0.436 e. The topological polar surface area (TPSA) is 55.1 Å². The molecule has 4 aliphatic carbocycles. The van der Waals surface area contributed by atoms with Crippen molar-refractivity contribution >= 4 is 45.9 Å². The first kappa shape index (κ1) is 19.6. The van der Waals surface area contributed by atoms with Gasteiger partial charge in [-0.2, -0.15) is 0 Å². The fraction of sp³-hybridized carbons (Fsp3) is 0.440. The zero-order valence-electron chi connectivity index (χ0n) is 17.2. The molecule has 1 amide bonds. The van der Waals surface area contributed by atoms with E-state index in [-0.39, 0.29) is 11.3 Å². The lowest BCUT2D eigenvalue weighted by Gasteiger charge is -2.56. The number of carbonyl (C=O) groups excluding carboxylic acids is 1. The Labute approximate surface area is 191 Å². The van der Waals surface area contributed by atoms with E-state index in [2.05, 4.69) is 10.3 Å². The predicted molar refractivity (Wildman–Crippen MR) is 123 cm³/mol. The summed E-state index contributed by atoms with van der Waals surface area (Å²) in [7, 11) is 0. The standard InChI is InChI=1S/C25H24Cl2N2O2/c26-17-1-4-22-21(8-17)29-24(31-22)19-9-18(2-3-20(19)27)28-23(30)13-25-10-14-5-15(11-25)7-16(6-14)12-25/h1-4,8-9,14-16H,5-7,10-13H2,(H,28,30). The lowest BCUT2D eigenvalue weighted by atomic mass is 9.49. The molecule has 0 aliphatic heterocycles. The molecule has 1 N–H and O–H groups in total. The molecule has 2 aromatic carbocycles. The van der Waals surface area contributed by atoms with Gasteiger partial charge in [-0.1, -0.05) is 23.2 Å². The maximum absolute atomic E-state index is 13.0. The maximum Gasteiger partial charge on any atom is 0.228 e. The van der Waals surface area contributed by atoms with Gasteiger partial charge in [0.05, 0.1) is 10.6 Å². The molecule has 0 unspecified atom stereocenters. The van der Waals surface area contributed by atoms with Crippen molar-refractivity contribution in [3.05, 3.63) is 46.4 Å². The van der Waals surface area contributed by atoms with Crippen LogP contribution in [0, 0.1) is 23.2 Å². The predicted octanol–water partition coefficient (Wildman–Crippen LogP) is 7.35. The summed E-state index contributed by atoms with van der Waals surface area (Å²) in [5.74, 6) is 3.04. The summed E-state index contributed by atoms with van der Waals surface area (Å²) in [5.41, 5.74) is 2.91. The van der Waals surface area contributed by atoms with E-state index >= 15 is 0 Å². The second kappa shape index (κ2) is 7.25. The van der Waals surface area contributed by atoms with E-state index in [9.17, 15) is 4.79 Å². The normalized spacial score (nSPS) is 28.9. The Bertz CT molecular complexity index is 1150. The van der Waals surface area contributed by atoms with Crippen LogP contribution in [0.3, 0.4) is 0 Å². The van der Waals surface area contributed by atoms with E-state index in [1.807, 2.05) is 12.1 Å². The Balaban J connectivity index is 1.22. The number of benzene rings is 2. The second-order valence-corrected chi connectivity index (χ2v) is 10.8. The van der Waals surface area contributed by atoms with E-state index in [0.29, 0.717) is 39.0 Å². The van der Waals surface area contributed by atoms with Gasteiger partial charge in [-0.15, -0.1) is 0 Å². The summed E-state index contributed by atoms with van der Waals surface area (Å²) in [6.45, 7) is 0. The molecule has 0 spiro atoms. The summed E-state index contributed by atoms with van der Waals surface area (Å²) >= 11 is 12.5. The highest BCUT2D eigenvalue weighted by Crippen LogP contribution is 2.61. The molecular formula is C25H24Cl2N2O2. The number of rotatable bonds is 4. The van der Waals surface area contributed by atoms with E-state index in [1.165, 1.54) is 38.5 Å². The van der Waals surface area contributed by atoms with Crippen LogP contribution in [-0.4, -0.2) is 10.9 Å². The fourth-order valence-electron chi connectivity index (χ4n) is 6.83. The summed E-state index contributed by atoms with van der Waals surface area (Å²) < 4.78 is 5.87. The number of hydrogen-bond acceptors (Lipinski definition) is 3. The number of aromatic nitrogens is 1. The first-order valence-corrected chi connectivity index (χ1v) is 11.9. The van der Waals surface area contributed by atoms with Crippen molar-refractivity contribution in [3.8, 4) is 11.5 Å². The third-order valence-corrected chi connectivity index (χ3v) is 8.10. The molecule has 0 radical (unpaired) electrons. The van der Waals surface area contributed by atoms with Crippen LogP contribution in [0.1, 0.15) is 44.9 Å². The molecule has 7 rings (SSSR count). The highest BCUT2D eigenvalue weighted by Gasteiger charge is 2.51. The van der Waals surface area contributed by atoms with Crippen LogP contribution in [0.4, 0.5) is 5.69 Å². The van der Waals surface area contributed by atoms with Gasteiger partial charge in [-0.25, -0.2) is 4.98 Å². The molecule has 4 aliphatic rings. The molecule has 0 saturated heterocycles. The maximum atomic E-state index is 13.0. The summed E-state index contributed by atoms with van der Waals surface area (Å²) in [6, 6.07) is 10.8.